The minimum atomic E-state index is 0.705. The molecule has 3 heteroatoms. The second kappa shape index (κ2) is 4.85. The molecule has 0 atom stereocenters. The van der Waals surface area contributed by atoms with E-state index in [-0.39, 0.29) is 0 Å². The number of hydrogen-bond acceptors (Lipinski definition) is 3. The van der Waals surface area contributed by atoms with Crippen molar-refractivity contribution in [3.05, 3.63) is 59.8 Å². The van der Waals surface area contributed by atoms with E-state index in [0.717, 1.165) is 28.1 Å². The third-order valence-corrected chi connectivity index (χ3v) is 3.17. The Bertz CT molecular complexity index is 764. The molecule has 0 bridgehead atoms. The van der Waals surface area contributed by atoms with Gasteiger partial charge in [0, 0.05) is 22.8 Å². The normalized spacial score (nSPS) is 10.7. The van der Waals surface area contributed by atoms with Gasteiger partial charge in [0.2, 0.25) is 0 Å². The monoisotopic (exact) mass is 264 g/mol. The van der Waals surface area contributed by atoms with Crippen molar-refractivity contribution >= 4 is 16.6 Å². The summed E-state index contributed by atoms with van der Waals surface area (Å²) in [6.45, 7) is 4.01. The molecule has 3 nitrogen and oxygen atoms in total. The maximum absolute atomic E-state index is 5.99. The van der Waals surface area contributed by atoms with E-state index in [1.165, 1.54) is 5.56 Å². The van der Waals surface area contributed by atoms with E-state index in [0.29, 0.717) is 5.69 Å². The van der Waals surface area contributed by atoms with Gasteiger partial charge in [-0.3, -0.25) is 4.98 Å². The number of fused-ring (bicyclic) bond motifs is 1. The van der Waals surface area contributed by atoms with E-state index in [9.17, 15) is 0 Å². The van der Waals surface area contributed by atoms with Crippen LogP contribution in [0.1, 0.15) is 11.3 Å². The van der Waals surface area contributed by atoms with Gasteiger partial charge in [-0.25, -0.2) is 0 Å². The van der Waals surface area contributed by atoms with Crippen molar-refractivity contribution in [3.63, 3.8) is 0 Å². The summed E-state index contributed by atoms with van der Waals surface area (Å²) in [6, 6.07) is 15.6. The van der Waals surface area contributed by atoms with Crippen LogP contribution >= 0.6 is 0 Å². The van der Waals surface area contributed by atoms with Crippen LogP contribution in [-0.2, 0) is 0 Å². The molecule has 0 saturated heterocycles. The third kappa shape index (κ3) is 2.43. The van der Waals surface area contributed by atoms with E-state index in [4.69, 9.17) is 10.5 Å². The molecule has 0 spiro atoms. The minimum Gasteiger partial charge on any atom is -0.457 e. The molecule has 20 heavy (non-hydrogen) atoms. The van der Waals surface area contributed by atoms with Gasteiger partial charge < -0.3 is 10.5 Å². The van der Waals surface area contributed by atoms with Crippen LogP contribution in [0, 0.1) is 13.8 Å². The number of benzene rings is 2. The second-order valence-corrected chi connectivity index (χ2v) is 4.95. The van der Waals surface area contributed by atoms with Gasteiger partial charge in [0.1, 0.15) is 11.5 Å². The van der Waals surface area contributed by atoms with E-state index in [2.05, 4.69) is 11.9 Å². The Labute approximate surface area is 118 Å². The number of pyridine rings is 1. The van der Waals surface area contributed by atoms with Gasteiger partial charge >= 0.3 is 0 Å². The summed E-state index contributed by atoms with van der Waals surface area (Å²) in [5.74, 6) is 1.59. The van der Waals surface area contributed by atoms with Crippen molar-refractivity contribution < 1.29 is 4.74 Å². The van der Waals surface area contributed by atoms with Crippen molar-refractivity contribution in [3.8, 4) is 11.5 Å². The topological polar surface area (TPSA) is 48.1 Å². The number of hydrogen-bond donors (Lipinski definition) is 1. The highest BCUT2D eigenvalue weighted by Crippen LogP contribution is 2.31. The zero-order valence-corrected chi connectivity index (χ0v) is 11.6. The number of aryl methyl sites for hydroxylation is 2. The van der Waals surface area contributed by atoms with Crippen LogP contribution in [-0.4, -0.2) is 4.98 Å². The highest BCUT2D eigenvalue weighted by atomic mass is 16.5. The van der Waals surface area contributed by atoms with Crippen molar-refractivity contribution in [2.75, 3.05) is 5.73 Å². The molecular weight excluding hydrogens is 248 g/mol. The van der Waals surface area contributed by atoms with Crippen molar-refractivity contribution in [1.82, 2.24) is 4.98 Å². The van der Waals surface area contributed by atoms with Crippen molar-refractivity contribution in [2.24, 2.45) is 0 Å². The maximum Gasteiger partial charge on any atom is 0.138 e. The minimum absolute atomic E-state index is 0.705. The highest BCUT2D eigenvalue weighted by molar-refractivity contribution is 5.88. The summed E-state index contributed by atoms with van der Waals surface area (Å²) in [7, 11) is 0. The van der Waals surface area contributed by atoms with Crippen molar-refractivity contribution in [1.29, 1.82) is 0 Å². The lowest BCUT2D eigenvalue weighted by Crippen LogP contribution is -1.92. The molecule has 3 rings (SSSR count). The number of nitrogen functional groups attached to an aromatic ring is 1. The smallest absolute Gasteiger partial charge is 0.138 e. The molecule has 100 valence electrons. The molecule has 0 amide bonds. The summed E-state index contributed by atoms with van der Waals surface area (Å²) < 4.78 is 5.99. The Kier molecular flexibility index (Phi) is 3.03. The summed E-state index contributed by atoms with van der Waals surface area (Å²) in [6.07, 6.45) is 0. The van der Waals surface area contributed by atoms with Crippen LogP contribution in [0.5, 0.6) is 11.5 Å². The zero-order valence-electron chi connectivity index (χ0n) is 11.6. The van der Waals surface area contributed by atoms with E-state index < -0.39 is 0 Å². The Morgan fingerprint density at radius 2 is 1.70 bits per heavy atom. The first-order valence-corrected chi connectivity index (χ1v) is 6.53. The van der Waals surface area contributed by atoms with Crippen molar-refractivity contribution in [2.45, 2.75) is 13.8 Å². The largest absolute Gasteiger partial charge is 0.457 e. The number of aromatic nitrogens is 1. The lowest BCUT2D eigenvalue weighted by atomic mass is 10.1. The first-order chi connectivity index (χ1) is 9.61. The Morgan fingerprint density at radius 3 is 2.45 bits per heavy atom. The standard InChI is InChI=1S/C17H16N2O/c1-11-3-6-14(7-4-11)20-17-9-12(2)19-16-8-5-13(18)10-15(16)17/h3-10H,18H2,1-2H3. The number of ether oxygens (including phenoxy) is 1. The summed E-state index contributed by atoms with van der Waals surface area (Å²) >= 11 is 0. The van der Waals surface area contributed by atoms with Gasteiger partial charge in [-0.2, -0.15) is 0 Å². The molecule has 1 aromatic heterocycles. The molecule has 0 saturated carbocycles. The average Bonchev–Trinajstić information content (AvgIpc) is 2.42. The molecule has 2 N–H and O–H groups in total. The van der Waals surface area contributed by atoms with Gasteiger partial charge in [0.05, 0.1) is 5.52 Å². The average molecular weight is 264 g/mol. The van der Waals surface area contributed by atoms with Gasteiger partial charge in [-0.1, -0.05) is 17.7 Å². The fourth-order valence-electron chi connectivity index (χ4n) is 2.16. The van der Waals surface area contributed by atoms with Gasteiger partial charge in [-0.05, 0) is 44.2 Å². The molecule has 0 radical (unpaired) electrons. The molecular formula is C17H16N2O. The van der Waals surface area contributed by atoms with Gasteiger partial charge in [-0.15, -0.1) is 0 Å². The number of rotatable bonds is 2. The predicted octanol–water partition coefficient (Wildman–Crippen LogP) is 4.23. The van der Waals surface area contributed by atoms with Crippen LogP contribution in [0.2, 0.25) is 0 Å². The number of nitrogens with zero attached hydrogens (tertiary/aromatic N) is 1. The Balaban J connectivity index is 2.10. The quantitative estimate of drug-likeness (QED) is 0.705. The van der Waals surface area contributed by atoms with E-state index in [1.807, 2.05) is 55.5 Å². The summed E-state index contributed by atoms with van der Waals surface area (Å²) in [4.78, 5) is 4.50. The maximum atomic E-state index is 5.99. The number of anilines is 1. The van der Waals surface area contributed by atoms with Crippen LogP contribution in [0.3, 0.4) is 0 Å². The first-order valence-electron chi connectivity index (χ1n) is 6.53. The zero-order chi connectivity index (χ0) is 14.1. The molecule has 0 unspecified atom stereocenters. The lowest BCUT2D eigenvalue weighted by Gasteiger charge is -2.10. The van der Waals surface area contributed by atoms with Crippen LogP contribution in [0.15, 0.2) is 48.5 Å². The fourth-order valence-corrected chi connectivity index (χ4v) is 2.16. The highest BCUT2D eigenvalue weighted by Gasteiger charge is 2.07. The predicted molar refractivity (Wildman–Crippen MR) is 82.1 cm³/mol. The fraction of sp³-hybridized carbons (Fsp3) is 0.118. The van der Waals surface area contributed by atoms with E-state index in [1.54, 1.807) is 0 Å². The van der Waals surface area contributed by atoms with Gasteiger partial charge in [0.25, 0.3) is 0 Å². The number of nitrogens with two attached hydrogens (primary N) is 1. The van der Waals surface area contributed by atoms with E-state index >= 15 is 0 Å². The summed E-state index contributed by atoms with van der Waals surface area (Å²) in [5.41, 5.74) is 9.58. The Hall–Kier alpha value is -2.55. The second-order valence-electron chi connectivity index (χ2n) is 4.95. The molecule has 2 aromatic carbocycles. The molecule has 0 aliphatic carbocycles. The summed E-state index contributed by atoms with van der Waals surface area (Å²) in [5, 5.41) is 0.927. The molecule has 1 heterocycles. The molecule has 0 aliphatic rings. The Morgan fingerprint density at radius 1 is 0.950 bits per heavy atom. The van der Waals surface area contributed by atoms with Gasteiger partial charge in [0.15, 0.2) is 0 Å². The first kappa shape index (κ1) is 12.5. The van der Waals surface area contributed by atoms with Crippen LogP contribution in [0.25, 0.3) is 10.9 Å². The lowest BCUT2D eigenvalue weighted by molar-refractivity contribution is 0.487. The third-order valence-electron chi connectivity index (χ3n) is 3.17. The molecule has 0 aliphatic heterocycles. The van der Waals surface area contributed by atoms with Crippen LogP contribution < -0.4 is 10.5 Å². The SMILES string of the molecule is Cc1ccc(Oc2cc(C)nc3ccc(N)cc23)cc1. The van der Waals surface area contributed by atoms with Crippen LogP contribution in [0.4, 0.5) is 5.69 Å². The molecule has 3 aromatic rings. The molecule has 0 fully saturated rings.